The Hall–Kier alpha value is -0.0831. The van der Waals surface area contributed by atoms with E-state index in [9.17, 15) is 0 Å². The van der Waals surface area contributed by atoms with Gasteiger partial charge in [0.25, 0.3) is 0 Å². The summed E-state index contributed by atoms with van der Waals surface area (Å²) in [5.74, 6) is 0. The van der Waals surface area contributed by atoms with Gasteiger partial charge in [-0.15, -0.1) is 12.3 Å². The Morgan fingerprint density at radius 3 is 2.18 bits per heavy atom. The van der Waals surface area contributed by atoms with E-state index >= 15 is 0 Å². The van der Waals surface area contributed by atoms with Gasteiger partial charge < -0.3 is 4.90 Å². The molecule has 11 heavy (non-hydrogen) atoms. The van der Waals surface area contributed by atoms with Gasteiger partial charge >= 0.3 is 0 Å². The van der Waals surface area contributed by atoms with Gasteiger partial charge in [0.05, 0.1) is 8.07 Å². The molecule has 2 heteroatoms. The fourth-order valence-electron chi connectivity index (χ4n) is 1.50. The third-order valence-corrected chi connectivity index (χ3v) is 7.68. The molecule has 0 aromatic rings. The molecular weight excluding hydrogens is 150 g/mol. The predicted octanol–water partition coefficient (Wildman–Crippen LogP) is 2.05. The molecular formula is C9H19NSi. The zero-order valence-electron chi connectivity index (χ0n) is 7.77. The highest BCUT2D eigenvalue weighted by molar-refractivity contribution is 6.84. The summed E-state index contributed by atoms with van der Waals surface area (Å²) in [7, 11) is -1.03. The molecule has 0 aliphatic carbocycles. The van der Waals surface area contributed by atoms with Gasteiger partial charge in [-0.25, -0.2) is 0 Å². The van der Waals surface area contributed by atoms with E-state index in [-0.39, 0.29) is 0 Å². The van der Waals surface area contributed by atoms with Crippen LogP contribution in [0.3, 0.4) is 0 Å². The van der Waals surface area contributed by atoms with Crippen LogP contribution in [-0.4, -0.2) is 32.2 Å². The van der Waals surface area contributed by atoms with E-state index in [0.29, 0.717) is 0 Å². The summed E-state index contributed by atoms with van der Waals surface area (Å²) < 4.78 is 0. The first kappa shape index (κ1) is 9.01. The molecule has 1 nitrogen and oxygen atoms in total. The van der Waals surface area contributed by atoms with Gasteiger partial charge in [-0.2, -0.15) is 0 Å². The van der Waals surface area contributed by atoms with Gasteiger partial charge in [-0.1, -0.05) is 25.9 Å². The maximum atomic E-state index is 3.99. The minimum Gasteiger partial charge on any atom is -0.303 e. The van der Waals surface area contributed by atoms with Gasteiger partial charge in [-0.3, -0.25) is 0 Å². The number of rotatable bonds is 5. The van der Waals surface area contributed by atoms with Crippen molar-refractivity contribution in [2.24, 2.45) is 0 Å². The van der Waals surface area contributed by atoms with Crippen LogP contribution in [-0.2, 0) is 0 Å². The molecule has 0 bridgehead atoms. The second-order valence-electron chi connectivity index (χ2n) is 3.55. The third kappa shape index (κ3) is 2.17. The summed E-state index contributed by atoms with van der Waals surface area (Å²) in [6, 6.07) is 2.73. The lowest BCUT2D eigenvalue weighted by Crippen LogP contribution is -2.38. The first-order chi connectivity index (χ1) is 5.26. The Bertz CT molecular complexity index is 136. The zero-order chi connectivity index (χ0) is 8.32. The molecule has 0 unspecified atom stereocenters. The molecule has 64 valence electrons. The van der Waals surface area contributed by atoms with Crippen molar-refractivity contribution in [1.82, 2.24) is 4.90 Å². The lowest BCUT2D eigenvalue weighted by Gasteiger charge is -2.25. The van der Waals surface area contributed by atoms with Crippen molar-refractivity contribution in [2.45, 2.75) is 25.9 Å². The Balaban J connectivity index is 2.46. The molecule has 0 aromatic heterocycles. The van der Waals surface area contributed by atoms with Crippen molar-refractivity contribution in [2.75, 3.05) is 19.3 Å². The van der Waals surface area contributed by atoms with Crippen molar-refractivity contribution < 1.29 is 0 Å². The summed E-state index contributed by atoms with van der Waals surface area (Å²) in [6.07, 6.45) is 1.36. The SMILES string of the molecule is C=C[Si](CC)(CC)CN1CC1. The van der Waals surface area contributed by atoms with Crippen LogP contribution >= 0.6 is 0 Å². The van der Waals surface area contributed by atoms with Gasteiger partial charge in [0.15, 0.2) is 0 Å². The lowest BCUT2D eigenvalue weighted by atomic mass is 10.9. The molecule has 1 saturated heterocycles. The Labute approximate surface area is 71.1 Å². The molecule has 1 heterocycles. The highest BCUT2D eigenvalue weighted by atomic mass is 28.3. The van der Waals surface area contributed by atoms with E-state index in [4.69, 9.17) is 0 Å². The summed E-state index contributed by atoms with van der Waals surface area (Å²) >= 11 is 0. The van der Waals surface area contributed by atoms with E-state index in [1.165, 1.54) is 31.3 Å². The lowest BCUT2D eigenvalue weighted by molar-refractivity contribution is 0.645. The monoisotopic (exact) mass is 169 g/mol. The fraction of sp³-hybridized carbons (Fsp3) is 0.778. The van der Waals surface area contributed by atoms with Crippen molar-refractivity contribution in [1.29, 1.82) is 0 Å². The van der Waals surface area contributed by atoms with Crippen LogP contribution < -0.4 is 0 Å². The van der Waals surface area contributed by atoms with Gasteiger partial charge in [-0.05, 0) is 6.17 Å². The van der Waals surface area contributed by atoms with Gasteiger partial charge in [0, 0.05) is 13.1 Å². The maximum absolute atomic E-state index is 3.99. The highest BCUT2D eigenvalue weighted by Gasteiger charge is 2.31. The second-order valence-corrected chi connectivity index (χ2v) is 8.41. The number of hydrogen-bond donors (Lipinski definition) is 0. The van der Waals surface area contributed by atoms with Crippen molar-refractivity contribution in [3.8, 4) is 0 Å². The highest BCUT2D eigenvalue weighted by Crippen LogP contribution is 2.20. The van der Waals surface area contributed by atoms with Crippen LogP contribution in [0.25, 0.3) is 0 Å². The molecule has 0 aromatic carbocycles. The van der Waals surface area contributed by atoms with Crippen molar-refractivity contribution >= 4 is 8.07 Å². The van der Waals surface area contributed by atoms with Crippen LogP contribution in [0.4, 0.5) is 0 Å². The zero-order valence-corrected chi connectivity index (χ0v) is 8.77. The molecule has 1 rings (SSSR count). The standard InChI is InChI=1S/C9H19NSi/c1-4-11(5-2,6-3)9-10-7-8-10/h4H,1,5-9H2,2-3H3. The van der Waals surface area contributed by atoms with E-state index in [1.807, 2.05) is 0 Å². The first-order valence-electron chi connectivity index (χ1n) is 4.62. The molecule has 0 radical (unpaired) electrons. The Morgan fingerprint density at radius 2 is 1.91 bits per heavy atom. The predicted molar refractivity (Wildman–Crippen MR) is 53.4 cm³/mol. The first-order valence-corrected chi connectivity index (χ1v) is 7.32. The molecule has 0 spiro atoms. The molecule has 1 aliphatic rings. The molecule has 1 aliphatic heterocycles. The summed E-state index contributed by atoms with van der Waals surface area (Å²) in [5.41, 5.74) is 2.28. The average Bonchev–Trinajstić information content (AvgIpc) is 2.84. The van der Waals surface area contributed by atoms with Crippen LogP contribution in [0, 0.1) is 0 Å². The third-order valence-electron chi connectivity index (χ3n) is 2.92. The molecule has 0 atom stereocenters. The average molecular weight is 169 g/mol. The van der Waals surface area contributed by atoms with Gasteiger partial charge in [0.1, 0.15) is 0 Å². The van der Waals surface area contributed by atoms with Crippen LogP contribution in [0.1, 0.15) is 13.8 Å². The van der Waals surface area contributed by atoms with E-state index in [0.717, 1.165) is 0 Å². The second kappa shape index (κ2) is 3.54. The summed E-state index contributed by atoms with van der Waals surface area (Å²) in [5, 5.41) is 0. The number of hydrogen-bond acceptors (Lipinski definition) is 1. The quantitative estimate of drug-likeness (QED) is 0.450. The topological polar surface area (TPSA) is 3.01 Å². The van der Waals surface area contributed by atoms with E-state index in [1.54, 1.807) is 0 Å². The normalized spacial score (nSPS) is 18.4. The van der Waals surface area contributed by atoms with Crippen molar-refractivity contribution in [3.05, 3.63) is 12.3 Å². The summed E-state index contributed by atoms with van der Waals surface area (Å²) in [4.78, 5) is 2.54. The maximum Gasteiger partial charge on any atom is 0.0910 e. The Morgan fingerprint density at radius 1 is 1.36 bits per heavy atom. The van der Waals surface area contributed by atoms with Gasteiger partial charge in [0.2, 0.25) is 0 Å². The summed E-state index contributed by atoms with van der Waals surface area (Å²) in [6.45, 7) is 11.3. The van der Waals surface area contributed by atoms with Crippen LogP contribution in [0.15, 0.2) is 12.3 Å². The molecule has 1 fully saturated rings. The van der Waals surface area contributed by atoms with Crippen LogP contribution in [0.5, 0.6) is 0 Å². The minimum absolute atomic E-state index is 1.03. The Kier molecular flexibility index (Phi) is 2.90. The van der Waals surface area contributed by atoms with Crippen LogP contribution in [0.2, 0.25) is 12.1 Å². The smallest absolute Gasteiger partial charge is 0.0910 e. The molecule has 0 N–H and O–H groups in total. The van der Waals surface area contributed by atoms with E-state index in [2.05, 4.69) is 31.0 Å². The molecule has 0 saturated carbocycles. The van der Waals surface area contributed by atoms with E-state index < -0.39 is 8.07 Å². The van der Waals surface area contributed by atoms with Crippen molar-refractivity contribution in [3.63, 3.8) is 0 Å². The fourth-order valence-corrected chi connectivity index (χ4v) is 4.36. The number of nitrogens with zero attached hydrogens (tertiary/aromatic N) is 1. The largest absolute Gasteiger partial charge is 0.303 e. The molecule has 0 amide bonds. The minimum atomic E-state index is -1.03.